The first-order chi connectivity index (χ1) is 7.69. The van der Waals surface area contributed by atoms with Gasteiger partial charge in [-0.2, -0.15) is 0 Å². The van der Waals surface area contributed by atoms with E-state index in [2.05, 4.69) is 38.8 Å². The van der Waals surface area contributed by atoms with Crippen molar-refractivity contribution in [2.75, 3.05) is 0 Å². The molecule has 0 aliphatic carbocycles. The molecule has 17 heavy (non-hydrogen) atoms. The van der Waals surface area contributed by atoms with E-state index in [4.69, 9.17) is 4.43 Å². The van der Waals surface area contributed by atoms with Crippen LogP contribution in [0.1, 0.15) is 32.0 Å². The van der Waals surface area contributed by atoms with Crippen molar-refractivity contribution >= 4 is 8.32 Å². The van der Waals surface area contributed by atoms with Gasteiger partial charge in [-0.1, -0.05) is 20.8 Å². The fraction of sp³-hybridized carbons (Fsp3) is 0.615. The maximum Gasteiger partial charge on any atom is 0.250 e. The van der Waals surface area contributed by atoms with Gasteiger partial charge in [-0.15, -0.1) is 0 Å². The van der Waals surface area contributed by atoms with Crippen LogP contribution in [0.3, 0.4) is 0 Å². The molecule has 96 valence electrons. The van der Waals surface area contributed by atoms with E-state index in [-0.39, 0.29) is 11.6 Å². The third-order valence-corrected chi connectivity index (χ3v) is 7.82. The molecule has 0 saturated carbocycles. The average molecular weight is 253 g/mol. The molecule has 1 heterocycles. The highest BCUT2D eigenvalue weighted by Crippen LogP contribution is 2.38. The number of aliphatic hydroxyl groups excluding tert-OH is 1. The van der Waals surface area contributed by atoms with Crippen molar-refractivity contribution in [2.24, 2.45) is 0 Å². The van der Waals surface area contributed by atoms with Crippen molar-refractivity contribution < 1.29 is 9.53 Å². The molecule has 0 bridgehead atoms. The third kappa shape index (κ3) is 3.07. The van der Waals surface area contributed by atoms with Crippen molar-refractivity contribution in [1.82, 2.24) is 4.98 Å². The molecular weight excluding hydrogens is 230 g/mol. The summed E-state index contributed by atoms with van der Waals surface area (Å²) < 4.78 is 6.24. The first-order valence-electron chi connectivity index (χ1n) is 5.93. The van der Waals surface area contributed by atoms with Gasteiger partial charge in [0.05, 0.1) is 12.3 Å². The van der Waals surface area contributed by atoms with Crippen molar-refractivity contribution in [3.63, 3.8) is 0 Å². The van der Waals surface area contributed by atoms with E-state index in [0.29, 0.717) is 0 Å². The van der Waals surface area contributed by atoms with Gasteiger partial charge in [0.15, 0.2) is 0 Å². The quantitative estimate of drug-likeness (QED) is 0.841. The van der Waals surface area contributed by atoms with Crippen LogP contribution < -0.4 is 4.43 Å². The number of pyridine rings is 1. The zero-order valence-electron chi connectivity index (χ0n) is 11.7. The summed E-state index contributed by atoms with van der Waals surface area (Å²) in [6.07, 6.45) is 1.71. The number of aliphatic hydroxyl groups is 1. The summed E-state index contributed by atoms with van der Waals surface area (Å²) in [4.78, 5) is 4.24. The summed E-state index contributed by atoms with van der Waals surface area (Å²) >= 11 is 0. The lowest BCUT2D eigenvalue weighted by molar-refractivity contribution is 0.277. The number of aromatic nitrogens is 1. The van der Waals surface area contributed by atoms with Gasteiger partial charge in [0.2, 0.25) is 0 Å². The Labute approximate surface area is 105 Å². The second-order valence-corrected chi connectivity index (χ2v) is 10.6. The van der Waals surface area contributed by atoms with E-state index in [1.165, 1.54) is 0 Å². The molecule has 0 unspecified atom stereocenters. The SMILES string of the molecule is Cc1nccc(CO)c1O[Si](C)(C)C(C)(C)C. The minimum Gasteiger partial charge on any atom is -0.542 e. The van der Waals surface area contributed by atoms with Crippen LogP contribution in [0, 0.1) is 6.92 Å². The molecule has 1 aromatic heterocycles. The van der Waals surface area contributed by atoms with E-state index in [0.717, 1.165) is 17.0 Å². The molecule has 1 N–H and O–H groups in total. The van der Waals surface area contributed by atoms with Crippen LogP contribution in [0.25, 0.3) is 0 Å². The fourth-order valence-corrected chi connectivity index (χ4v) is 2.37. The number of hydrogen-bond acceptors (Lipinski definition) is 3. The molecule has 0 radical (unpaired) electrons. The lowest BCUT2D eigenvalue weighted by atomic mass is 10.2. The Morgan fingerprint density at radius 1 is 1.35 bits per heavy atom. The number of nitrogens with zero attached hydrogens (tertiary/aromatic N) is 1. The monoisotopic (exact) mass is 253 g/mol. The Morgan fingerprint density at radius 3 is 2.41 bits per heavy atom. The highest BCUT2D eigenvalue weighted by Gasteiger charge is 2.39. The van der Waals surface area contributed by atoms with Gasteiger partial charge in [-0.05, 0) is 31.1 Å². The molecule has 3 nitrogen and oxygen atoms in total. The zero-order valence-corrected chi connectivity index (χ0v) is 12.7. The fourth-order valence-electron chi connectivity index (χ4n) is 1.28. The summed E-state index contributed by atoms with van der Waals surface area (Å²) in [5, 5.41) is 9.49. The van der Waals surface area contributed by atoms with E-state index in [9.17, 15) is 5.11 Å². The molecule has 1 rings (SSSR count). The Morgan fingerprint density at radius 2 is 1.94 bits per heavy atom. The Balaban J connectivity index is 3.11. The number of rotatable bonds is 3. The molecule has 0 amide bonds. The Hall–Kier alpha value is -0.873. The molecule has 0 atom stereocenters. The second kappa shape index (κ2) is 4.78. The molecular formula is C13H23NO2Si. The maximum absolute atomic E-state index is 9.35. The summed E-state index contributed by atoms with van der Waals surface area (Å²) in [6.45, 7) is 12.9. The Bertz CT molecular complexity index is 397. The van der Waals surface area contributed by atoms with Crippen LogP contribution in [-0.4, -0.2) is 18.4 Å². The third-order valence-electron chi connectivity index (χ3n) is 3.50. The van der Waals surface area contributed by atoms with Crippen molar-refractivity contribution in [2.45, 2.75) is 52.4 Å². The van der Waals surface area contributed by atoms with Crippen molar-refractivity contribution in [3.05, 3.63) is 23.5 Å². The minimum atomic E-state index is -1.88. The van der Waals surface area contributed by atoms with Crippen LogP contribution in [0.2, 0.25) is 18.1 Å². The van der Waals surface area contributed by atoms with Crippen LogP contribution in [0.15, 0.2) is 12.3 Å². The van der Waals surface area contributed by atoms with Gasteiger partial charge in [-0.25, -0.2) is 0 Å². The summed E-state index contributed by atoms with van der Waals surface area (Å²) in [7, 11) is -1.88. The Kier molecular flexibility index (Phi) is 3.99. The number of aryl methyl sites for hydroxylation is 1. The summed E-state index contributed by atoms with van der Waals surface area (Å²) in [6, 6.07) is 1.81. The standard InChI is InChI=1S/C13H23NO2Si/c1-10-12(11(9-15)7-8-14-10)16-17(5,6)13(2,3)4/h7-8,15H,9H2,1-6H3. The van der Waals surface area contributed by atoms with E-state index in [1.54, 1.807) is 6.20 Å². The van der Waals surface area contributed by atoms with Crippen LogP contribution in [-0.2, 0) is 6.61 Å². The van der Waals surface area contributed by atoms with E-state index >= 15 is 0 Å². The van der Waals surface area contributed by atoms with Gasteiger partial charge < -0.3 is 9.53 Å². The predicted molar refractivity (Wildman–Crippen MR) is 72.7 cm³/mol. The van der Waals surface area contributed by atoms with Gasteiger partial charge in [-0.3, -0.25) is 4.98 Å². The highest BCUT2D eigenvalue weighted by atomic mass is 28.4. The molecule has 0 fully saturated rings. The van der Waals surface area contributed by atoms with E-state index < -0.39 is 8.32 Å². The molecule has 0 aliphatic rings. The minimum absolute atomic E-state index is 0.00663. The van der Waals surface area contributed by atoms with Gasteiger partial charge >= 0.3 is 0 Å². The smallest absolute Gasteiger partial charge is 0.250 e. The molecule has 0 aromatic carbocycles. The lowest BCUT2D eigenvalue weighted by Crippen LogP contribution is -2.44. The molecule has 0 aliphatic heterocycles. The van der Waals surface area contributed by atoms with Gasteiger partial charge in [0, 0.05) is 11.8 Å². The topological polar surface area (TPSA) is 42.4 Å². The normalized spacial score (nSPS) is 12.6. The molecule has 0 spiro atoms. The van der Waals surface area contributed by atoms with E-state index in [1.807, 2.05) is 13.0 Å². The maximum atomic E-state index is 9.35. The predicted octanol–water partition coefficient (Wildman–Crippen LogP) is 3.27. The van der Waals surface area contributed by atoms with Crippen LogP contribution in [0.5, 0.6) is 5.75 Å². The van der Waals surface area contributed by atoms with Gasteiger partial charge in [0.1, 0.15) is 5.75 Å². The molecule has 1 aromatic rings. The number of hydrogen-bond donors (Lipinski definition) is 1. The van der Waals surface area contributed by atoms with Gasteiger partial charge in [0.25, 0.3) is 8.32 Å². The summed E-state index contributed by atoms with van der Waals surface area (Å²) in [5.74, 6) is 0.765. The van der Waals surface area contributed by atoms with Crippen LogP contribution in [0.4, 0.5) is 0 Å². The van der Waals surface area contributed by atoms with Crippen LogP contribution >= 0.6 is 0 Å². The zero-order chi connectivity index (χ0) is 13.3. The molecule has 4 heteroatoms. The molecule has 0 saturated heterocycles. The highest BCUT2D eigenvalue weighted by molar-refractivity contribution is 6.74. The van der Waals surface area contributed by atoms with Crippen molar-refractivity contribution in [3.8, 4) is 5.75 Å². The first-order valence-corrected chi connectivity index (χ1v) is 8.84. The largest absolute Gasteiger partial charge is 0.542 e. The average Bonchev–Trinajstić information content (AvgIpc) is 2.19. The summed E-state index contributed by atoms with van der Waals surface area (Å²) in [5.41, 5.74) is 1.67. The van der Waals surface area contributed by atoms with Crippen molar-refractivity contribution in [1.29, 1.82) is 0 Å². The first kappa shape index (κ1) is 14.2. The lowest BCUT2D eigenvalue weighted by Gasteiger charge is -2.37. The second-order valence-electron chi connectivity index (χ2n) is 5.91.